The molecule has 0 aliphatic carbocycles. The Balaban J connectivity index is 1.98. The molecule has 0 amide bonds. The van der Waals surface area contributed by atoms with Crippen LogP contribution in [0.4, 0.5) is 0 Å². The van der Waals surface area contributed by atoms with Gasteiger partial charge in [0.25, 0.3) is 0 Å². The molecular weight excluding hydrogens is 288 g/mol. The van der Waals surface area contributed by atoms with Gasteiger partial charge in [-0.3, -0.25) is 0 Å². The fraction of sp³-hybridized carbons (Fsp3) is 0.625. The Labute approximate surface area is 126 Å². The van der Waals surface area contributed by atoms with E-state index >= 15 is 0 Å². The average Bonchev–Trinajstić information content (AvgIpc) is 2.59. The molecule has 2 atom stereocenters. The third-order valence-corrected chi connectivity index (χ3v) is 7.28. The summed E-state index contributed by atoms with van der Waals surface area (Å²) in [5, 5.41) is 10.3. The largest absolute Gasteiger partial charge is 0.491 e. The summed E-state index contributed by atoms with van der Waals surface area (Å²) in [7, 11) is -3.04. The highest BCUT2D eigenvalue weighted by atomic mass is 32.2. The summed E-state index contributed by atoms with van der Waals surface area (Å²) < 4.78 is 30.2. The van der Waals surface area contributed by atoms with Crippen LogP contribution in [0.2, 0.25) is 0 Å². The lowest BCUT2D eigenvalue weighted by Crippen LogP contribution is -2.43. The van der Waals surface area contributed by atoms with Crippen LogP contribution in [0.3, 0.4) is 0 Å². The highest BCUT2D eigenvalue weighted by Crippen LogP contribution is 2.49. The number of rotatable bonds is 3. The van der Waals surface area contributed by atoms with E-state index in [9.17, 15) is 13.5 Å². The van der Waals surface area contributed by atoms with Crippen molar-refractivity contribution in [3.8, 4) is 5.75 Å². The number of hydrogen-bond acceptors (Lipinski definition) is 4. The van der Waals surface area contributed by atoms with Gasteiger partial charge in [0.1, 0.15) is 5.75 Å². The lowest BCUT2D eigenvalue weighted by atomic mass is 9.85. The zero-order valence-electron chi connectivity index (χ0n) is 12.5. The van der Waals surface area contributed by atoms with Gasteiger partial charge in [0.2, 0.25) is 0 Å². The molecule has 0 radical (unpaired) electrons. The Hall–Kier alpha value is -1.07. The highest BCUT2D eigenvalue weighted by Gasteiger charge is 2.53. The predicted octanol–water partition coefficient (Wildman–Crippen LogP) is 2.40. The molecule has 5 heteroatoms. The summed E-state index contributed by atoms with van der Waals surface area (Å²) >= 11 is 0. The van der Waals surface area contributed by atoms with Crippen LogP contribution in [0.15, 0.2) is 24.3 Å². The van der Waals surface area contributed by atoms with Gasteiger partial charge >= 0.3 is 0 Å². The summed E-state index contributed by atoms with van der Waals surface area (Å²) in [6.07, 6.45) is 1.92. The molecule has 2 saturated heterocycles. The van der Waals surface area contributed by atoms with Crippen LogP contribution in [0.1, 0.15) is 45.1 Å². The number of fused-ring (bicyclic) bond motifs is 2. The predicted molar refractivity (Wildman–Crippen MR) is 81.1 cm³/mol. The maximum Gasteiger partial charge on any atom is 0.156 e. The SMILES string of the molecule is CC(C)Oc1ccccc1C1(O)CC2CCC(C1)S2(=O)=O. The third-order valence-electron chi connectivity index (χ3n) is 4.62. The number of ether oxygens (including phenoxy) is 1. The van der Waals surface area contributed by atoms with E-state index in [2.05, 4.69) is 0 Å². The van der Waals surface area contributed by atoms with Gasteiger partial charge in [0.05, 0.1) is 22.2 Å². The van der Waals surface area contributed by atoms with E-state index in [1.54, 1.807) is 0 Å². The first-order valence-electron chi connectivity index (χ1n) is 7.54. The van der Waals surface area contributed by atoms with Crippen molar-refractivity contribution in [3.63, 3.8) is 0 Å². The molecule has 2 heterocycles. The normalized spacial score (nSPS) is 34.1. The van der Waals surface area contributed by atoms with E-state index in [1.165, 1.54) is 0 Å². The number of hydrogen-bond donors (Lipinski definition) is 1. The van der Waals surface area contributed by atoms with Crippen LogP contribution in [0.25, 0.3) is 0 Å². The third kappa shape index (κ3) is 2.46. The van der Waals surface area contributed by atoms with Gasteiger partial charge in [-0.15, -0.1) is 0 Å². The topological polar surface area (TPSA) is 63.6 Å². The molecule has 2 aliphatic rings. The Morgan fingerprint density at radius 2 is 1.76 bits per heavy atom. The summed E-state index contributed by atoms with van der Waals surface area (Å²) in [5.41, 5.74) is -0.367. The van der Waals surface area contributed by atoms with Crippen molar-refractivity contribution in [2.24, 2.45) is 0 Å². The standard InChI is InChI=1S/C16H22O4S/c1-11(2)20-15-6-4-3-5-14(15)16(17)9-12-7-8-13(10-16)21(12,18)19/h3-6,11-13,17H,7-10H2,1-2H3. The van der Waals surface area contributed by atoms with Crippen molar-refractivity contribution in [2.75, 3.05) is 0 Å². The van der Waals surface area contributed by atoms with E-state index in [0.29, 0.717) is 18.6 Å². The van der Waals surface area contributed by atoms with Gasteiger partial charge < -0.3 is 9.84 Å². The summed E-state index contributed by atoms with van der Waals surface area (Å²) in [6, 6.07) is 7.44. The van der Waals surface area contributed by atoms with E-state index in [1.807, 2.05) is 38.1 Å². The second kappa shape index (κ2) is 4.99. The number of para-hydroxylation sites is 1. The van der Waals surface area contributed by atoms with Gasteiger partial charge in [-0.1, -0.05) is 18.2 Å². The first-order chi connectivity index (χ1) is 9.83. The molecule has 1 aromatic rings. The van der Waals surface area contributed by atoms with Crippen molar-refractivity contribution < 1.29 is 18.3 Å². The maximum atomic E-state index is 12.2. The first-order valence-corrected chi connectivity index (χ1v) is 9.15. The monoisotopic (exact) mass is 310 g/mol. The van der Waals surface area contributed by atoms with Crippen LogP contribution < -0.4 is 4.74 Å². The Morgan fingerprint density at radius 3 is 2.33 bits per heavy atom. The van der Waals surface area contributed by atoms with E-state index in [0.717, 1.165) is 5.56 Å². The first kappa shape index (κ1) is 14.9. The van der Waals surface area contributed by atoms with Crippen LogP contribution in [-0.4, -0.2) is 30.1 Å². The van der Waals surface area contributed by atoms with Gasteiger partial charge in [0, 0.05) is 5.56 Å². The van der Waals surface area contributed by atoms with Gasteiger partial charge in [-0.2, -0.15) is 0 Å². The molecule has 4 nitrogen and oxygen atoms in total. The summed E-state index contributed by atoms with van der Waals surface area (Å²) in [6.45, 7) is 3.88. The fourth-order valence-electron chi connectivity index (χ4n) is 3.67. The molecule has 1 N–H and O–H groups in total. The van der Waals surface area contributed by atoms with E-state index in [-0.39, 0.29) is 18.9 Å². The lowest BCUT2D eigenvalue weighted by molar-refractivity contribution is 0.0138. The van der Waals surface area contributed by atoms with Crippen molar-refractivity contribution in [1.82, 2.24) is 0 Å². The van der Waals surface area contributed by atoms with Crippen molar-refractivity contribution in [1.29, 1.82) is 0 Å². The van der Waals surface area contributed by atoms with Crippen molar-refractivity contribution >= 4 is 9.84 Å². The minimum absolute atomic E-state index is 0.0128. The minimum Gasteiger partial charge on any atom is -0.491 e. The van der Waals surface area contributed by atoms with E-state index < -0.39 is 25.9 Å². The molecule has 2 fully saturated rings. The quantitative estimate of drug-likeness (QED) is 0.931. The molecule has 2 unspecified atom stereocenters. The lowest BCUT2D eigenvalue weighted by Gasteiger charge is -2.37. The molecular formula is C16H22O4S. The average molecular weight is 310 g/mol. The summed E-state index contributed by atoms with van der Waals surface area (Å²) in [4.78, 5) is 0. The van der Waals surface area contributed by atoms with Crippen LogP contribution >= 0.6 is 0 Å². The molecule has 0 aromatic heterocycles. The molecule has 21 heavy (non-hydrogen) atoms. The maximum absolute atomic E-state index is 12.2. The number of sulfone groups is 1. The zero-order chi connectivity index (χ0) is 15.3. The zero-order valence-corrected chi connectivity index (χ0v) is 13.3. The van der Waals surface area contributed by atoms with Crippen LogP contribution in [0, 0.1) is 0 Å². The number of aliphatic hydroxyl groups is 1. The number of benzene rings is 1. The Morgan fingerprint density at radius 1 is 1.19 bits per heavy atom. The van der Waals surface area contributed by atoms with Gasteiger partial charge in [-0.25, -0.2) is 8.42 Å². The van der Waals surface area contributed by atoms with Gasteiger partial charge in [0.15, 0.2) is 9.84 Å². The molecule has 0 saturated carbocycles. The Kier molecular flexibility index (Phi) is 3.53. The molecule has 0 spiro atoms. The molecule has 116 valence electrons. The summed E-state index contributed by atoms with van der Waals surface area (Å²) in [5.74, 6) is 0.661. The Bertz CT molecular complexity index is 615. The smallest absolute Gasteiger partial charge is 0.156 e. The minimum atomic E-state index is -3.04. The molecule has 2 bridgehead atoms. The fourth-order valence-corrected chi connectivity index (χ4v) is 6.16. The second-order valence-electron chi connectivity index (χ2n) is 6.51. The molecule has 3 rings (SSSR count). The second-order valence-corrected chi connectivity index (χ2v) is 9.02. The van der Waals surface area contributed by atoms with Crippen LogP contribution in [0.5, 0.6) is 5.75 Å². The highest BCUT2D eigenvalue weighted by molar-refractivity contribution is 7.93. The van der Waals surface area contributed by atoms with Crippen LogP contribution in [-0.2, 0) is 15.4 Å². The molecule has 1 aromatic carbocycles. The molecule has 2 aliphatic heterocycles. The van der Waals surface area contributed by atoms with Crippen molar-refractivity contribution in [3.05, 3.63) is 29.8 Å². The van der Waals surface area contributed by atoms with Gasteiger partial charge in [-0.05, 0) is 45.6 Å². The van der Waals surface area contributed by atoms with E-state index in [4.69, 9.17) is 4.74 Å². The van der Waals surface area contributed by atoms with Crippen molar-refractivity contribution in [2.45, 2.75) is 61.7 Å².